The molecule has 0 fully saturated rings. The van der Waals surface area contributed by atoms with Crippen molar-refractivity contribution in [1.29, 1.82) is 0 Å². The Bertz CT molecular complexity index is 762. The number of ether oxygens (including phenoxy) is 1. The fourth-order valence-electron chi connectivity index (χ4n) is 1.90. The highest BCUT2D eigenvalue weighted by molar-refractivity contribution is 6.31. The van der Waals surface area contributed by atoms with E-state index in [0.717, 1.165) is 11.1 Å². The Balaban J connectivity index is 2.02. The Hall–Kier alpha value is -2.60. The largest absolute Gasteiger partial charge is 0.484 e. The van der Waals surface area contributed by atoms with Crippen LogP contribution in [0.25, 0.3) is 0 Å². The lowest BCUT2D eigenvalue weighted by Gasteiger charge is -2.09. The van der Waals surface area contributed by atoms with Crippen LogP contribution in [0.5, 0.6) is 5.75 Å². The summed E-state index contributed by atoms with van der Waals surface area (Å²) >= 11 is 5.72. The molecule has 0 saturated carbocycles. The molecule has 1 N–H and O–H groups in total. The lowest BCUT2D eigenvalue weighted by molar-refractivity contribution is -0.383. The number of nitrogens with zero attached hydrogens (tertiary/aromatic N) is 1. The zero-order chi connectivity index (χ0) is 17.0. The summed E-state index contributed by atoms with van der Waals surface area (Å²) in [6.45, 7) is 3.67. The Labute approximate surface area is 138 Å². The maximum absolute atomic E-state index is 11.9. The van der Waals surface area contributed by atoms with Gasteiger partial charge in [0.25, 0.3) is 11.6 Å². The number of carbonyl (C=O) groups is 1. The number of halogens is 1. The Morgan fingerprint density at radius 1 is 1.22 bits per heavy atom. The van der Waals surface area contributed by atoms with Crippen molar-refractivity contribution in [2.45, 2.75) is 13.8 Å². The fraction of sp³-hybridized carbons (Fsp3) is 0.188. The summed E-state index contributed by atoms with van der Waals surface area (Å²) in [6.07, 6.45) is 0. The molecule has 23 heavy (non-hydrogen) atoms. The van der Waals surface area contributed by atoms with Crippen LogP contribution in [0.15, 0.2) is 36.4 Å². The minimum absolute atomic E-state index is 0.0769. The molecule has 120 valence electrons. The number of benzene rings is 2. The predicted molar refractivity (Wildman–Crippen MR) is 88.1 cm³/mol. The molecule has 2 rings (SSSR count). The van der Waals surface area contributed by atoms with Gasteiger partial charge in [-0.05, 0) is 49.2 Å². The van der Waals surface area contributed by atoms with Gasteiger partial charge in [0, 0.05) is 11.1 Å². The monoisotopic (exact) mass is 334 g/mol. The van der Waals surface area contributed by atoms with Crippen molar-refractivity contribution in [3.63, 3.8) is 0 Å². The van der Waals surface area contributed by atoms with Gasteiger partial charge in [0.1, 0.15) is 11.4 Å². The van der Waals surface area contributed by atoms with E-state index in [0.29, 0.717) is 5.75 Å². The van der Waals surface area contributed by atoms with Crippen molar-refractivity contribution in [1.82, 2.24) is 0 Å². The van der Waals surface area contributed by atoms with Crippen molar-refractivity contribution < 1.29 is 14.5 Å². The molecule has 0 aliphatic rings. The quantitative estimate of drug-likeness (QED) is 0.664. The smallest absolute Gasteiger partial charge is 0.294 e. The number of hydrogen-bond acceptors (Lipinski definition) is 4. The molecule has 0 aliphatic carbocycles. The Morgan fingerprint density at radius 3 is 2.61 bits per heavy atom. The van der Waals surface area contributed by atoms with Crippen molar-refractivity contribution in [2.75, 3.05) is 11.9 Å². The van der Waals surface area contributed by atoms with Crippen LogP contribution >= 0.6 is 11.6 Å². The standard InChI is InChI=1S/C16H15ClN2O4/c1-10-3-5-13(7-11(10)2)23-9-16(20)18-14-6-4-12(17)8-15(14)19(21)22/h3-8H,9H2,1-2H3,(H,18,20). The summed E-state index contributed by atoms with van der Waals surface area (Å²) in [5, 5.41) is 13.6. The first kappa shape index (κ1) is 16.8. The number of aryl methyl sites for hydroxylation is 2. The van der Waals surface area contributed by atoms with Crippen LogP contribution < -0.4 is 10.1 Å². The second-order valence-corrected chi connectivity index (χ2v) is 5.44. The Morgan fingerprint density at radius 2 is 1.96 bits per heavy atom. The molecule has 0 atom stereocenters. The number of anilines is 1. The molecule has 0 radical (unpaired) electrons. The average molecular weight is 335 g/mol. The topological polar surface area (TPSA) is 81.5 Å². The molecule has 1 amide bonds. The van der Waals surface area contributed by atoms with Crippen LogP contribution in [0.1, 0.15) is 11.1 Å². The molecule has 0 aromatic heterocycles. The molecule has 0 spiro atoms. The third-order valence-corrected chi connectivity index (χ3v) is 3.51. The first-order valence-corrected chi connectivity index (χ1v) is 7.18. The molecule has 0 bridgehead atoms. The van der Waals surface area contributed by atoms with Gasteiger partial charge in [-0.3, -0.25) is 14.9 Å². The summed E-state index contributed by atoms with van der Waals surface area (Å²) < 4.78 is 5.39. The maximum Gasteiger partial charge on any atom is 0.294 e. The van der Waals surface area contributed by atoms with Gasteiger partial charge in [-0.25, -0.2) is 0 Å². The lowest BCUT2D eigenvalue weighted by Crippen LogP contribution is -2.20. The fourth-order valence-corrected chi connectivity index (χ4v) is 2.07. The molecular weight excluding hydrogens is 320 g/mol. The van der Waals surface area contributed by atoms with Gasteiger partial charge in [-0.1, -0.05) is 17.7 Å². The molecule has 2 aromatic rings. The number of amides is 1. The van der Waals surface area contributed by atoms with Gasteiger partial charge in [-0.15, -0.1) is 0 Å². The van der Waals surface area contributed by atoms with E-state index in [1.165, 1.54) is 18.2 Å². The second-order valence-electron chi connectivity index (χ2n) is 5.00. The first-order valence-electron chi connectivity index (χ1n) is 6.80. The number of hydrogen-bond donors (Lipinski definition) is 1. The summed E-state index contributed by atoms with van der Waals surface area (Å²) in [4.78, 5) is 22.3. The molecule has 6 nitrogen and oxygen atoms in total. The SMILES string of the molecule is Cc1ccc(OCC(=O)Nc2ccc(Cl)cc2[N+](=O)[O-])cc1C. The van der Waals surface area contributed by atoms with Crippen molar-refractivity contribution >= 4 is 28.9 Å². The van der Waals surface area contributed by atoms with E-state index in [9.17, 15) is 14.9 Å². The third kappa shape index (κ3) is 4.43. The van der Waals surface area contributed by atoms with Crippen molar-refractivity contribution in [2.24, 2.45) is 0 Å². The molecule has 0 saturated heterocycles. The van der Waals surface area contributed by atoms with E-state index >= 15 is 0 Å². The van der Waals surface area contributed by atoms with Crippen LogP contribution in [0.2, 0.25) is 5.02 Å². The summed E-state index contributed by atoms with van der Waals surface area (Å²) in [5.41, 5.74) is 1.99. The van der Waals surface area contributed by atoms with Gasteiger partial charge in [0.15, 0.2) is 6.61 Å². The van der Waals surface area contributed by atoms with Crippen LogP contribution in [0.4, 0.5) is 11.4 Å². The normalized spacial score (nSPS) is 10.2. The van der Waals surface area contributed by atoms with E-state index in [2.05, 4.69) is 5.32 Å². The molecule has 0 unspecified atom stereocenters. The molecule has 2 aromatic carbocycles. The average Bonchev–Trinajstić information content (AvgIpc) is 2.50. The van der Waals surface area contributed by atoms with Crippen molar-refractivity contribution in [3.8, 4) is 5.75 Å². The van der Waals surface area contributed by atoms with Gasteiger partial charge in [0.05, 0.1) is 4.92 Å². The predicted octanol–water partition coefficient (Wildman–Crippen LogP) is 3.88. The number of nitrogens with one attached hydrogen (secondary N) is 1. The zero-order valence-corrected chi connectivity index (χ0v) is 13.4. The number of carbonyl (C=O) groups excluding carboxylic acids is 1. The maximum atomic E-state index is 11.9. The van der Waals surface area contributed by atoms with Crippen LogP contribution in [-0.2, 0) is 4.79 Å². The van der Waals surface area contributed by atoms with Gasteiger partial charge >= 0.3 is 0 Å². The molecular formula is C16H15ClN2O4. The minimum Gasteiger partial charge on any atom is -0.484 e. The van der Waals surface area contributed by atoms with E-state index < -0.39 is 10.8 Å². The number of nitro groups is 1. The van der Waals surface area contributed by atoms with E-state index in [1.54, 1.807) is 6.07 Å². The second kappa shape index (κ2) is 7.11. The summed E-state index contributed by atoms with van der Waals surface area (Å²) in [6, 6.07) is 9.52. The molecule has 7 heteroatoms. The number of rotatable bonds is 5. The van der Waals surface area contributed by atoms with E-state index in [4.69, 9.17) is 16.3 Å². The van der Waals surface area contributed by atoms with Crippen LogP contribution in [-0.4, -0.2) is 17.4 Å². The highest BCUT2D eigenvalue weighted by Crippen LogP contribution is 2.27. The first-order chi connectivity index (χ1) is 10.9. The van der Waals surface area contributed by atoms with Crippen LogP contribution in [0, 0.1) is 24.0 Å². The van der Waals surface area contributed by atoms with Gasteiger partial charge in [0.2, 0.25) is 0 Å². The third-order valence-electron chi connectivity index (χ3n) is 3.28. The summed E-state index contributed by atoms with van der Waals surface area (Å²) in [5.74, 6) is 0.0718. The molecule has 0 heterocycles. The van der Waals surface area contributed by atoms with E-state index in [1.807, 2.05) is 26.0 Å². The highest BCUT2D eigenvalue weighted by Gasteiger charge is 2.16. The van der Waals surface area contributed by atoms with Crippen molar-refractivity contribution in [3.05, 3.63) is 62.7 Å². The van der Waals surface area contributed by atoms with Gasteiger partial charge in [-0.2, -0.15) is 0 Å². The van der Waals surface area contributed by atoms with E-state index in [-0.39, 0.29) is 23.0 Å². The highest BCUT2D eigenvalue weighted by atomic mass is 35.5. The minimum atomic E-state index is -0.605. The van der Waals surface area contributed by atoms with Gasteiger partial charge < -0.3 is 10.1 Å². The van der Waals surface area contributed by atoms with Crippen LogP contribution in [0.3, 0.4) is 0 Å². The number of nitro benzene ring substituents is 1. The molecule has 0 aliphatic heterocycles. The summed E-state index contributed by atoms with van der Waals surface area (Å²) in [7, 11) is 0. The Kier molecular flexibility index (Phi) is 5.18. The lowest BCUT2D eigenvalue weighted by atomic mass is 10.1. The zero-order valence-electron chi connectivity index (χ0n) is 12.6.